The standard InChI is InChI=1S/C17H20BrN3O2S/c1-20-10-12-21(13-11-20)16-8-4-3-7-15(16)19-24(22,23)17-9-5-2-6-14(17)18/h2-9,19H,10-13H2,1H3. The maximum absolute atomic E-state index is 12.7. The minimum Gasteiger partial charge on any atom is -0.367 e. The molecule has 1 fully saturated rings. The second-order valence-electron chi connectivity index (χ2n) is 5.84. The average Bonchev–Trinajstić information content (AvgIpc) is 2.56. The molecule has 0 aromatic heterocycles. The van der Waals surface area contributed by atoms with E-state index in [0.717, 1.165) is 31.9 Å². The summed E-state index contributed by atoms with van der Waals surface area (Å²) in [5.74, 6) is 0. The minimum atomic E-state index is -3.65. The van der Waals surface area contributed by atoms with Gasteiger partial charge >= 0.3 is 0 Å². The van der Waals surface area contributed by atoms with Crippen molar-refractivity contribution in [1.29, 1.82) is 0 Å². The van der Waals surface area contributed by atoms with Crippen molar-refractivity contribution in [2.45, 2.75) is 4.90 Å². The molecule has 5 nitrogen and oxygen atoms in total. The van der Waals surface area contributed by atoms with E-state index in [2.05, 4.69) is 37.5 Å². The summed E-state index contributed by atoms with van der Waals surface area (Å²) in [7, 11) is -1.55. The molecule has 3 rings (SSSR count). The fraction of sp³-hybridized carbons (Fsp3) is 0.294. The average molecular weight is 410 g/mol. The molecule has 1 aliphatic heterocycles. The first-order valence-electron chi connectivity index (χ1n) is 7.77. The molecule has 2 aromatic carbocycles. The molecule has 0 bridgehead atoms. The van der Waals surface area contributed by atoms with Crippen LogP contribution in [0.5, 0.6) is 0 Å². The lowest BCUT2D eigenvalue weighted by molar-refractivity contribution is 0.313. The molecule has 2 aromatic rings. The van der Waals surface area contributed by atoms with Crippen LogP contribution in [0.15, 0.2) is 57.9 Å². The largest absolute Gasteiger partial charge is 0.367 e. The van der Waals surface area contributed by atoms with Crippen LogP contribution in [0.2, 0.25) is 0 Å². The summed E-state index contributed by atoms with van der Waals surface area (Å²) < 4.78 is 28.8. The Bertz CT molecular complexity index is 818. The fourth-order valence-corrected chi connectivity index (χ4v) is 4.82. The number of likely N-dealkylation sites (N-methyl/N-ethyl adjacent to an activating group) is 1. The van der Waals surface area contributed by atoms with E-state index in [-0.39, 0.29) is 4.90 Å². The molecule has 1 aliphatic rings. The van der Waals surface area contributed by atoms with Gasteiger partial charge in [0.15, 0.2) is 0 Å². The lowest BCUT2D eigenvalue weighted by Gasteiger charge is -2.35. The highest BCUT2D eigenvalue weighted by atomic mass is 79.9. The van der Waals surface area contributed by atoms with Crippen LogP contribution >= 0.6 is 15.9 Å². The number of rotatable bonds is 4. The number of sulfonamides is 1. The molecule has 0 amide bonds. The number of piperazine rings is 1. The Labute approximate surface area is 151 Å². The first-order chi connectivity index (χ1) is 11.5. The lowest BCUT2D eigenvalue weighted by atomic mass is 10.2. The first kappa shape index (κ1) is 17.3. The van der Waals surface area contributed by atoms with Gasteiger partial charge < -0.3 is 9.80 Å². The van der Waals surface area contributed by atoms with E-state index in [1.54, 1.807) is 24.3 Å². The van der Waals surface area contributed by atoms with Crippen molar-refractivity contribution < 1.29 is 8.42 Å². The van der Waals surface area contributed by atoms with Gasteiger partial charge in [-0.2, -0.15) is 0 Å². The monoisotopic (exact) mass is 409 g/mol. The van der Waals surface area contributed by atoms with E-state index < -0.39 is 10.0 Å². The van der Waals surface area contributed by atoms with Gasteiger partial charge in [0.05, 0.1) is 11.4 Å². The van der Waals surface area contributed by atoms with Crippen LogP contribution in [0.1, 0.15) is 0 Å². The molecule has 0 unspecified atom stereocenters. The van der Waals surface area contributed by atoms with Gasteiger partial charge in [0.2, 0.25) is 0 Å². The number of hydrogen-bond donors (Lipinski definition) is 1. The molecule has 1 heterocycles. The van der Waals surface area contributed by atoms with E-state index in [1.165, 1.54) is 0 Å². The first-order valence-corrected chi connectivity index (χ1v) is 10.0. The van der Waals surface area contributed by atoms with Crippen molar-refractivity contribution in [1.82, 2.24) is 4.90 Å². The highest BCUT2D eigenvalue weighted by molar-refractivity contribution is 9.10. The van der Waals surface area contributed by atoms with Crippen molar-refractivity contribution in [2.75, 3.05) is 42.8 Å². The predicted octanol–water partition coefficient (Wildman–Crippen LogP) is 3.00. The Hall–Kier alpha value is -1.57. The van der Waals surface area contributed by atoms with Crippen LogP contribution in [0.25, 0.3) is 0 Å². The number of halogens is 1. The summed E-state index contributed by atoms with van der Waals surface area (Å²) in [6.45, 7) is 3.69. The number of nitrogens with zero attached hydrogens (tertiary/aromatic N) is 2. The van der Waals surface area contributed by atoms with Crippen LogP contribution in [0.4, 0.5) is 11.4 Å². The molecule has 0 aliphatic carbocycles. The number of benzene rings is 2. The summed E-state index contributed by atoms with van der Waals surface area (Å²) in [6.07, 6.45) is 0. The van der Waals surface area contributed by atoms with Gasteiger partial charge in [0.1, 0.15) is 4.90 Å². The molecule has 0 spiro atoms. The molecule has 0 radical (unpaired) electrons. The van der Waals surface area contributed by atoms with E-state index in [9.17, 15) is 8.42 Å². The fourth-order valence-electron chi connectivity index (χ4n) is 2.75. The topological polar surface area (TPSA) is 52.6 Å². The van der Waals surface area contributed by atoms with Gasteiger partial charge in [-0.1, -0.05) is 24.3 Å². The number of para-hydroxylation sites is 2. The Morgan fingerprint density at radius 2 is 1.58 bits per heavy atom. The van der Waals surface area contributed by atoms with Crippen molar-refractivity contribution >= 4 is 37.3 Å². The third kappa shape index (κ3) is 3.74. The van der Waals surface area contributed by atoms with Crippen LogP contribution < -0.4 is 9.62 Å². The van der Waals surface area contributed by atoms with Crippen LogP contribution in [0, 0.1) is 0 Å². The van der Waals surface area contributed by atoms with Gasteiger partial charge in [-0.25, -0.2) is 8.42 Å². The van der Waals surface area contributed by atoms with E-state index >= 15 is 0 Å². The minimum absolute atomic E-state index is 0.234. The van der Waals surface area contributed by atoms with Crippen molar-refractivity contribution in [3.8, 4) is 0 Å². The second kappa shape index (κ2) is 7.13. The van der Waals surface area contributed by atoms with Crippen LogP contribution in [-0.2, 0) is 10.0 Å². The molecule has 0 saturated carbocycles. The van der Waals surface area contributed by atoms with E-state index in [4.69, 9.17) is 0 Å². The molecular weight excluding hydrogens is 390 g/mol. The third-order valence-corrected chi connectivity index (χ3v) is 6.50. The molecule has 1 N–H and O–H groups in total. The molecule has 0 atom stereocenters. The third-order valence-electron chi connectivity index (χ3n) is 4.12. The van der Waals surface area contributed by atoms with Gasteiger partial charge in [0, 0.05) is 30.7 Å². The SMILES string of the molecule is CN1CCN(c2ccccc2NS(=O)(=O)c2ccccc2Br)CC1. The van der Waals surface area contributed by atoms with Crippen molar-refractivity contribution in [3.63, 3.8) is 0 Å². The summed E-state index contributed by atoms with van der Waals surface area (Å²) in [4.78, 5) is 4.72. The van der Waals surface area contributed by atoms with Gasteiger partial charge in [-0.3, -0.25) is 4.72 Å². The maximum atomic E-state index is 12.7. The van der Waals surface area contributed by atoms with E-state index in [0.29, 0.717) is 10.2 Å². The summed E-state index contributed by atoms with van der Waals surface area (Å²) >= 11 is 3.31. The second-order valence-corrected chi connectivity index (χ2v) is 8.35. The summed E-state index contributed by atoms with van der Waals surface area (Å²) in [5, 5.41) is 0. The Morgan fingerprint density at radius 1 is 0.958 bits per heavy atom. The normalized spacial score (nSPS) is 16.2. The Morgan fingerprint density at radius 3 is 2.29 bits per heavy atom. The lowest BCUT2D eigenvalue weighted by Crippen LogP contribution is -2.44. The Balaban J connectivity index is 1.89. The summed E-state index contributed by atoms with van der Waals surface area (Å²) in [6, 6.07) is 14.4. The number of anilines is 2. The van der Waals surface area contributed by atoms with Crippen molar-refractivity contribution in [3.05, 3.63) is 53.0 Å². The molecule has 128 valence electrons. The summed E-state index contributed by atoms with van der Waals surface area (Å²) in [5.41, 5.74) is 1.53. The highest BCUT2D eigenvalue weighted by Gasteiger charge is 2.21. The number of hydrogen-bond acceptors (Lipinski definition) is 4. The van der Waals surface area contributed by atoms with Crippen LogP contribution in [-0.4, -0.2) is 46.5 Å². The smallest absolute Gasteiger partial charge is 0.263 e. The zero-order valence-electron chi connectivity index (χ0n) is 13.4. The number of nitrogens with one attached hydrogen (secondary N) is 1. The molecule has 24 heavy (non-hydrogen) atoms. The molecule has 1 saturated heterocycles. The van der Waals surface area contributed by atoms with Crippen molar-refractivity contribution in [2.24, 2.45) is 0 Å². The van der Waals surface area contributed by atoms with Gasteiger partial charge in [-0.05, 0) is 47.2 Å². The van der Waals surface area contributed by atoms with E-state index in [1.807, 2.05) is 24.3 Å². The van der Waals surface area contributed by atoms with Gasteiger partial charge in [0.25, 0.3) is 10.0 Å². The zero-order chi connectivity index (χ0) is 17.2. The zero-order valence-corrected chi connectivity index (χ0v) is 15.8. The molecule has 7 heteroatoms. The highest BCUT2D eigenvalue weighted by Crippen LogP contribution is 2.30. The Kier molecular flexibility index (Phi) is 5.12. The van der Waals surface area contributed by atoms with Crippen LogP contribution in [0.3, 0.4) is 0 Å². The maximum Gasteiger partial charge on any atom is 0.263 e. The van der Waals surface area contributed by atoms with Gasteiger partial charge in [-0.15, -0.1) is 0 Å². The molecular formula is C17H20BrN3O2S. The predicted molar refractivity (Wildman–Crippen MR) is 101 cm³/mol. The quantitative estimate of drug-likeness (QED) is 0.842.